The number of hydrogen-bond acceptors (Lipinski definition) is 1. The van der Waals surface area contributed by atoms with Crippen LogP contribution in [0.1, 0.15) is 45.2 Å². The summed E-state index contributed by atoms with van der Waals surface area (Å²) < 4.78 is 26.2. The summed E-state index contributed by atoms with van der Waals surface area (Å²) in [6.07, 6.45) is 2.23. The second-order valence-electron chi connectivity index (χ2n) is 4.88. The van der Waals surface area contributed by atoms with Crippen LogP contribution in [0.25, 0.3) is 0 Å². The van der Waals surface area contributed by atoms with Gasteiger partial charge in [0.15, 0.2) is 0 Å². The molecule has 96 valence electrons. The molecule has 0 bridgehead atoms. The topological polar surface area (TPSA) is 12.0 Å². The highest BCUT2D eigenvalue weighted by Crippen LogP contribution is 2.17. The maximum Gasteiger partial charge on any atom is 0.130 e. The summed E-state index contributed by atoms with van der Waals surface area (Å²) >= 11 is 0. The van der Waals surface area contributed by atoms with E-state index < -0.39 is 11.6 Å². The summed E-state index contributed by atoms with van der Waals surface area (Å²) in [4.78, 5) is 0. The Balaban J connectivity index is 2.44. The highest BCUT2D eigenvalue weighted by Gasteiger charge is 2.10. The predicted molar refractivity (Wildman–Crippen MR) is 66.8 cm³/mol. The summed E-state index contributed by atoms with van der Waals surface area (Å²) in [6.45, 7) is 7.12. The molecule has 0 aliphatic heterocycles. The Morgan fingerprint density at radius 1 is 1.18 bits per heavy atom. The summed E-state index contributed by atoms with van der Waals surface area (Å²) in [5, 5.41) is 3.25. The molecule has 0 radical (unpaired) electrons. The molecule has 0 aromatic heterocycles. The van der Waals surface area contributed by atoms with E-state index in [1.165, 1.54) is 12.1 Å². The van der Waals surface area contributed by atoms with Crippen molar-refractivity contribution in [1.82, 2.24) is 5.32 Å². The average molecular weight is 241 g/mol. The lowest BCUT2D eigenvalue weighted by Crippen LogP contribution is -2.21. The molecule has 1 atom stereocenters. The first-order chi connectivity index (χ1) is 8.00. The van der Waals surface area contributed by atoms with Crippen molar-refractivity contribution in [3.63, 3.8) is 0 Å². The third-order valence-corrected chi connectivity index (χ3v) is 2.84. The molecular weight excluding hydrogens is 220 g/mol. The largest absolute Gasteiger partial charge is 0.310 e. The molecule has 1 aromatic carbocycles. The van der Waals surface area contributed by atoms with Crippen molar-refractivity contribution in [2.45, 2.75) is 39.7 Å². The smallest absolute Gasteiger partial charge is 0.130 e. The van der Waals surface area contributed by atoms with Crippen LogP contribution in [0.5, 0.6) is 0 Å². The zero-order valence-corrected chi connectivity index (χ0v) is 10.8. The van der Waals surface area contributed by atoms with Gasteiger partial charge in [-0.1, -0.05) is 19.9 Å². The van der Waals surface area contributed by atoms with Crippen LogP contribution in [-0.2, 0) is 0 Å². The van der Waals surface area contributed by atoms with Crippen molar-refractivity contribution in [1.29, 1.82) is 0 Å². The van der Waals surface area contributed by atoms with Crippen LogP contribution in [0.2, 0.25) is 0 Å². The SMILES string of the molecule is CC(C)CCCNC(C)c1ccc(F)cc1F. The molecule has 0 saturated heterocycles. The van der Waals surface area contributed by atoms with Crippen LogP contribution in [0.4, 0.5) is 8.78 Å². The van der Waals surface area contributed by atoms with Crippen LogP contribution < -0.4 is 5.32 Å². The van der Waals surface area contributed by atoms with Crippen molar-refractivity contribution in [3.05, 3.63) is 35.4 Å². The summed E-state index contributed by atoms with van der Waals surface area (Å²) in [5.74, 6) is -0.318. The Morgan fingerprint density at radius 3 is 2.47 bits per heavy atom. The van der Waals surface area contributed by atoms with Gasteiger partial charge in [-0.05, 0) is 38.3 Å². The fourth-order valence-electron chi connectivity index (χ4n) is 1.79. The van der Waals surface area contributed by atoms with Crippen molar-refractivity contribution in [2.75, 3.05) is 6.54 Å². The van der Waals surface area contributed by atoms with Crippen LogP contribution in [0, 0.1) is 17.6 Å². The van der Waals surface area contributed by atoms with Gasteiger partial charge in [0.05, 0.1) is 0 Å². The molecule has 1 N–H and O–H groups in total. The Hall–Kier alpha value is -0.960. The van der Waals surface area contributed by atoms with Crippen molar-refractivity contribution in [2.24, 2.45) is 5.92 Å². The summed E-state index contributed by atoms with van der Waals surface area (Å²) in [6, 6.07) is 3.65. The molecule has 0 saturated carbocycles. The van der Waals surface area contributed by atoms with E-state index in [-0.39, 0.29) is 6.04 Å². The molecule has 1 nitrogen and oxygen atoms in total. The molecule has 17 heavy (non-hydrogen) atoms. The van der Waals surface area contributed by atoms with Gasteiger partial charge in [-0.2, -0.15) is 0 Å². The van der Waals surface area contributed by atoms with Crippen LogP contribution >= 0.6 is 0 Å². The minimum Gasteiger partial charge on any atom is -0.310 e. The number of benzene rings is 1. The molecule has 0 aliphatic carbocycles. The zero-order valence-electron chi connectivity index (χ0n) is 10.8. The van der Waals surface area contributed by atoms with Crippen LogP contribution in [-0.4, -0.2) is 6.54 Å². The van der Waals surface area contributed by atoms with E-state index in [4.69, 9.17) is 0 Å². The molecule has 0 aliphatic rings. The lowest BCUT2D eigenvalue weighted by atomic mass is 10.1. The molecule has 1 aromatic rings. The zero-order chi connectivity index (χ0) is 12.8. The normalized spacial score (nSPS) is 13.1. The number of nitrogens with one attached hydrogen (secondary N) is 1. The first kappa shape index (κ1) is 14.1. The van der Waals surface area contributed by atoms with E-state index in [2.05, 4.69) is 19.2 Å². The number of hydrogen-bond donors (Lipinski definition) is 1. The van der Waals surface area contributed by atoms with Crippen LogP contribution in [0.3, 0.4) is 0 Å². The van der Waals surface area contributed by atoms with E-state index in [9.17, 15) is 8.78 Å². The molecule has 0 fully saturated rings. The van der Waals surface area contributed by atoms with Gasteiger partial charge >= 0.3 is 0 Å². The van der Waals surface area contributed by atoms with E-state index in [0.717, 1.165) is 25.5 Å². The predicted octanol–water partition coefficient (Wildman–Crippen LogP) is 4.05. The second kappa shape index (κ2) is 6.70. The number of halogens is 2. The molecule has 0 amide bonds. The van der Waals surface area contributed by atoms with Gasteiger partial charge in [-0.25, -0.2) is 8.78 Å². The van der Waals surface area contributed by atoms with E-state index in [1.807, 2.05) is 6.92 Å². The minimum atomic E-state index is -0.529. The van der Waals surface area contributed by atoms with Crippen molar-refractivity contribution in [3.8, 4) is 0 Å². The van der Waals surface area contributed by atoms with Gasteiger partial charge in [0, 0.05) is 17.7 Å². The molecular formula is C14H21F2N. The van der Waals surface area contributed by atoms with Gasteiger partial charge in [-0.3, -0.25) is 0 Å². The van der Waals surface area contributed by atoms with E-state index in [1.54, 1.807) is 0 Å². The van der Waals surface area contributed by atoms with Gasteiger partial charge in [-0.15, -0.1) is 0 Å². The van der Waals surface area contributed by atoms with E-state index >= 15 is 0 Å². The van der Waals surface area contributed by atoms with Gasteiger partial charge in [0.25, 0.3) is 0 Å². The molecule has 0 spiro atoms. The highest BCUT2D eigenvalue weighted by molar-refractivity contribution is 5.21. The summed E-state index contributed by atoms with van der Waals surface area (Å²) in [5.41, 5.74) is 0.524. The fourth-order valence-corrected chi connectivity index (χ4v) is 1.79. The minimum absolute atomic E-state index is 0.0808. The maximum absolute atomic E-state index is 13.5. The Kier molecular flexibility index (Phi) is 5.56. The number of rotatable bonds is 6. The van der Waals surface area contributed by atoms with Crippen molar-refractivity contribution >= 4 is 0 Å². The maximum atomic E-state index is 13.5. The van der Waals surface area contributed by atoms with E-state index in [0.29, 0.717) is 11.5 Å². The van der Waals surface area contributed by atoms with Gasteiger partial charge in [0.1, 0.15) is 11.6 Å². The third-order valence-electron chi connectivity index (χ3n) is 2.84. The fraction of sp³-hybridized carbons (Fsp3) is 0.571. The quantitative estimate of drug-likeness (QED) is 0.741. The molecule has 3 heteroatoms. The summed E-state index contributed by atoms with van der Waals surface area (Å²) in [7, 11) is 0. The second-order valence-corrected chi connectivity index (χ2v) is 4.88. The Bertz CT molecular complexity index is 350. The molecule has 1 rings (SSSR count). The Morgan fingerprint density at radius 2 is 1.88 bits per heavy atom. The third kappa shape index (κ3) is 4.82. The lowest BCUT2D eigenvalue weighted by molar-refractivity contribution is 0.481. The van der Waals surface area contributed by atoms with Crippen LogP contribution in [0.15, 0.2) is 18.2 Å². The molecule has 0 heterocycles. The van der Waals surface area contributed by atoms with Crippen molar-refractivity contribution < 1.29 is 8.78 Å². The Labute approximate surface area is 102 Å². The lowest BCUT2D eigenvalue weighted by Gasteiger charge is -2.15. The van der Waals surface area contributed by atoms with Gasteiger partial charge in [0.2, 0.25) is 0 Å². The first-order valence-corrected chi connectivity index (χ1v) is 6.19. The molecule has 1 unspecified atom stereocenters. The monoisotopic (exact) mass is 241 g/mol. The standard InChI is InChI=1S/C14H21F2N/c1-10(2)5-4-8-17-11(3)13-7-6-12(15)9-14(13)16/h6-7,9-11,17H,4-5,8H2,1-3H3. The van der Waals surface area contributed by atoms with Gasteiger partial charge < -0.3 is 5.32 Å². The first-order valence-electron chi connectivity index (χ1n) is 6.19. The average Bonchev–Trinajstić information content (AvgIpc) is 2.23. The highest BCUT2D eigenvalue weighted by atomic mass is 19.1.